The van der Waals surface area contributed by atoms with Crippen LogP contribution >= 0.6 is 11.8 Å². The van der Waals surface area contributed by atoms with Crippen molar-refractivity contribution in [1.29, 1.82) is 0 Å². The summed E-state index contributed by atoms with van der Waals surface area (Å²) in [6.07, 6.45) is 2.82. The van der Waals surface area contributed by atoms with E-state index in [0.29, 0.717) is 11.6 Å². The standard InChI is InChI=1S/C22H27N3O4S2/c1-16(2)18-7-9-19(10-8-18)25(31(3,27)28)13-22(26)24-23-12-17-5-4-6-20(11-17)29-21-14-30-15-21/h4-12,16,21H,13-15H2,1-3H3,(H,24,26)/b23-12-. The summed E-state index contributed by atoms with van der Waals surface area (Å²) in [7, 11) is -3.64. The molecule has 1 aliphatic heterocycles. The summed E-state index contributed by atoms with van der Waals surface area (Å²) in [5.74, 6) is 2.54. The first kappa shape index (κ1) is 23.1. The molecule has 1 saturated heterocycles. The van der Waals surface area contributed by atoms with Crippen molar-refractivity contribution in [3.8, 4) is 5.75 Å². The number of carbonyl (C=O) groups is 1. The number of thioether (sulfide) groups is 1. The number of nitrogens with one attached hydrogen (secondary N) is 1. The molecule has 3 rings (SSSR count). The number of hydrazone groups is 1. The Morgan fingerprint density at radius 3 is 2.55 bits per heavy atom. The van der Waals surface area contributed by atoms with Crippen molar-refractivity contribution in [3.63, 3.8) is 0 Å². The lowest BCUT2D eigenvalue weighted by molar-refractivity contribution is -0.119. The largest absolute Gasteiger partial charge is 0.489 e. The van der Waals surface area contributed by atoms with E-state index in [1.54, 1.807) is 12.1 Å². The third-order valence-electron chi connectivity index (χ3n) is 4.71. The molecule has 1 fully saturated rings. The van der Waals surface area contributed by atoms with Gasteiger partial charge < -0.3 is 4.74 Å². The first-order valence-electron chi connectivity index (χ1n) is 9.96. The Balaban J connectivity index is 1.61. The molecule has 1 aliphatic rings. The van der Waals surface area contributed by atoms with Crippen molar-refractivity contribution in [3.05, 3.63) is 59.7 Å². The molecule has 0 saturated carbocycles. The number of benzene rings is 2. The molecule has 31 heavy (non-hydrogen) atoms. The van der Waals surface area contributed by atoms with Gasteiger partial charge in [-0.1, -0.05) is 38.1 Å². The Hall–Kier alpha value is -2.52. The van der Waals surface area contributed by atoms with Crippen LogP contribution in [-0.4, -0.2) is 50.9 Å². The number of rotatable bonds is 9. The van der Waals surface area contributed by atoms with Crippen LogP contribution in [0.15, 0.2) is 53.6 Å². The quantitative estimate of drug-likeness (QED) is 0.458. The van der Waals surface area contributed by atoms with Crippen molar-refractivity contribution in [2.75, 3.05) is 28.6 Å². The minimum atomic E-state index is -3.64. The fourth-order valence-electron chi connectivity index (χ4n) is 2.91. The number of hydrogen-bond donors (Lipinski definition) is 1. The van der Waals surface area contributed by atoms with Gasteiger partial charge in [0.25, 0.3) is 5.91 Å². The summed E-state index contributed by atoms with van der Waals surface area (Å²) < 4.78 is 31.4. The van der Waals surface area contributed by atoms with Crippen molar-refractivity contribution in [2.45, 2.75) is 25.9 Å². The van der Waals surface area contributed by atoms with E-state index >= 15 is 0 Å². The summed E-state index contributed by atoms with van der Waals surface area (Å²) in [5.41, 5.74) is 4.69. The van der Waals surface area contributed by atoms with Crippen LogP contribution in [0.4, 0.5) is 5.69 Å². The zero-order valence-corrected chi connectivity index (χ0v) is 19.4. The van der Waals surface area contributed by atoms with E-state index < -0.39 is 15.9 Å². The molecule has 0 aromatic heterocycles. The van der Waals surface area contributed by atoms with Gasteiger partial charge in [-0.3, -0.25) is 9.10 Å². The summed E-state index contributed by atoms with van der Waals surface area (Å²) in [6.45, 7) is 3.76. The SMILES string of the molecule is CC(C)c1ccc(N(CC(=O)N/N=C\c2cccc(OC3CSC3)c2)S(C)(=O)=O)cc1. The van der Waals surface area contributed by atoms with Crippen LogP contribution in [0.1, 0.15) is 30.9 Å². The Morgan fingerprint density at radius 1 is 1.26 bits per heavy atom. The normalized spacial score (nSPS) is 14.5. The van der Waals surface area contributed by atoms with Crippen LogP contribution in [0.2, 0.25) is 0 Å². The smallest absolute Gasteiger partial charge is 0.260 e. The van der Waals surface area contributed by atoms with Gasteiger partial charge in [-0.15, -0.1) is 0 Å². The van der Waals surface area contributed by atoms with E-state index in [2.05, 4.69) is 24.4 Å². The van der Waals surface area contributed by atoms with Crippen molar-refractivity contribution < 1.29 is 17.9 Å². The molecule has 0 radical (unpaired) electrons. The van der Waals surface area contributed by atoms with Gasteiger partial charge in [-0.25, -0.2) is 13.8 Å². The third-order valence-corrected chi connectivity index (χ3v) is 7.06. The minimum absolute atomic E-state index is 0.244. The summed E-state index contributed by atoms with van der Waals surface area (Å²) in [6, 6.07) is 14.6. The second-order valence-electron chi connectivity index (χ2n) is 7.66. The lowest BCUT2D eigenvalue weighted by Gasteiger charge is -2.25. The van der Waals surface area contributed by atoms with Crippen molar-refractivity contribution in [2.24, 2.45) is 5.10 Å². The summed E-state index contributed by atoms with van der Waals surface area (Å²) in [4.78, 5) is 12.3. The van der Waals surface area contributed by atoms with Gasteiger partial charge in [0, 0.05) is 11.5 Å². The van der Waals surface area contributed by atoms with E-state index in [1.807, 2.05) is 48.2 Å². The predicted molar refractivity (Wildman–Crippen MR) is 127 cm³/mol. The lowest BCUT2D eigenvalue weighted by Crippen LogP contribution is -2.39. The number of amides is 1. The minimum Gasteiger partial charge on any atom is -0.489 e. The van der Waals surface area contributed by atoms with E-state index in [1.165, 1.54) is 6.21 Å². The fraction of sp³-hybridized carbons (Fsp3) is 0.364. The Labute approximate surface area is 187 Å². The van der Waals surface area contributed by atoms with Crippen LogP contribution < -0.4 is 14.5 Å². The van der Waals surface area contributed by atoms with Crippen LogP contribution in [0.5, 0.6) is 5.75 Å². The van der Waals surface area contributed by atoms with Gasteiger partial charge in [0.1, 0.15) is 18.4 Å². The van der Waals surface area contributed by atoms with Gasteiger partial charge in [-0.05, 0) is 41.3 Å². The molecule has 1 N–H and O–H groups in total. The topological polar surface area (TPSA) is 88.1 Å². The maximum atomic E-state index is 12.3. The number of sulfonamides is 1. The molecule has 0 aliphatic carbocycles. The second kappa shape index (κ2) is 10.2. The number of carbonyl (C=O) groups excluding carboxylic acids is 1. The molecular weight excluding hydrogens is 434 g/mol. The number of nitrogens with zero attached hydrogens (tertiary/aromatic N) is 2. The fourth-order valence-corrected chi connectivity index (χ4v) is 4.33. The van der Waals surface area contributed by atoms with Gasteiger partial charge in [0.05, 0.1) is 18.2 Å². The average molecular weight is 462 g/mol. The van der Waals surface area contributed by atoms with Crippen molar-refractivity contribution in [1.82, 2.24) is 5.43 Å². The highest BCUT2D eigenvalue weighted by molar-refractivity contribution is 8.00. The molecule has 0 spiro atoms. The zero-order chi connectivity index (χ0) is 22.4. The van der Waals surface area contributed by atoms with Gasteiger partial charge >= 0.3 is 0 Å². The number of ether oxygens (including phenoxy) is 1. The van der Waals surface area contributed by atoms with Gasteiger partial charge in [0.2, 0.25) is 10.0 Å². The maximum absolute atomic E-state index is 12.3. The van der Waals surface area contributed by atoms with Crippen LogP contribution in [0.3, 0.4) is 0 Å². The molecule has 0 bridgehead atoms. The highest BCUT2D eigenvalue weighted by atomic mass is 32.2. The van der Waals surface area contributed by atoms with Crippen LogP contribution in [-0.2, 0) is 14.8 Å². The highest BCUT2D eigenvalue weighted by Crippen LogP contribution is 2.24. The molecule has 1 heterocycles. The van der Waals surface area contributed by atoms with E-state index in [9.17, 15) is 13.2 Å². The van der Waals surface area contributed by atoms with Gasteiger partial charge in [-0.2, -0.15) is 16.9 Å². The molecule has 2 aromatic carbocycles. The van der Waals surface area contributed by atoms with E-state index in [-0.39, 0.29) is 12.6 Å². The van der Waals surface area contributed by atoms with E-state index in [0.717, 1.165) is 38.9 Å². The molecular formula is C22H27N3O4S2. The molecule has 7 nitrogen and oxygen atoms in total. The Kier molecular flexibility index (Phi) is 7.61. The molecule has 2 aromatic rings. The second-order valence-corrected chi connectivity index (χ2v) is 10.6. The first-order valence-corrected chi connectivity index (χ1v) is 13.0. The Morgan fingerprint density at radius 2 is 1.97 bits per heavy atom. The van der Waals surface area contributed by atoms with Crippen LogP contribution in [0.25, 0.3) is 0 Å². The van der Waals surface area contributed by atoms with Crippen molar-refractivity contribution >= 4 is 39.6 Å². The predicted octanol–water partition coefficient (Wildman–Crippen LogP) is 3.22. The average Bonchev–Trinajstić information content (AvgIpc) is 2.68. The lowest BCUT2D eigenvalue weighted by atomic mass is 10.0. The molecule has 166 valence electrons. The zero-order valence-electron chi connectivity index (χ0n) is 17.8. The third kappa shape index (κ3) is 6.73. The first-order chi connectivity index (χ1) is 14.7. The summed E-state index contributed by atoms with van der Waals surface area (Å²) in [5, 5.41) is 3.96. The van der Waals surface area contributed by atoms with E-state index in [4.69, 9.17) is 4.74 Å². The monoisotopic (exact) mass is 461 g/mol. The van der Waals surface area contributed by atoms with Gasteiger partial charge in [0.15, 0.2) is 0 Å². The molecule has 0 atom stereocenters. The Bertz CT molecular complexity index is 1030. The number of hydrogen-bond acceptors (Lipinski definition) is 6. The van der Waals surface area contributed by atoms with Crippen LogP contribution in [0, 0.1) is 0 Å². The molecule has 9 heteroatoms. The molecule has 1 amide bonds. The number of anilines is 1. The molecule has 0 unspecified atom stereocenters. The maximum Gasteiger partial charge on any atom is 0.260 e. The summed E-state index contributed by atoms with van der Waals surface area (Å²) >= 11 is 1.85. The highest BCUT2D eigenvalue weighted by Gasteiger charge is 2.21.